The number of aryl methyl sites for hydroxylation is 1. The van der Waals surface area contributed by atoms with Crippen molar-refractivity contribution >= 4 is 71.3 Å². The number of hydrogen-bond acceptors (Lipinski definition) is 13. The van der Waals surface area contributed by atoms with Crippen LogP contribution in [0.2, 0.25) is 0 Å². The third kappa shape index (κ3) is 22.0. The zero-order valence-corrected chi connectivity index (χ0v) is 35.8. The molecule has 0 aliphatic heterocycles. The molecule has 0 saturated heterocycles. The summed E-state index contributed by atoms with van der Waals surface area (Å²) >= 11 is 0. The topological polar surface area (TPSA) is 424 Å². The van der Waals surface area contributed by atoms with Crippen LogP contribution in [0.5, 0.6) is 0 Å². The highest BCUT2D eigenvalue weighted by molar-refractivity contribution is 6.02. The highest BCUT2D eigenvalue weighted by Crippen LogP contribution is 2.17. The van der Waals surface area contributed by atoms with E-state index >= 15 is 0 Å². The van der Waals surface area contributed by atoms with E-state index in [0.717, 1.165) is 0 Å². The summed E-state index contributed by atoms with van der Waals surface area (Å²) in [5.41, 5.74) is 0.249. The van der Waals surface area contributed by atoms with E-state index in [4.69, 9.17) is 10.2 Å². The fourth-order valence-electron chi connectivity index (χ4n) is 5.92. The number of benzene rings is 1. The molecule has 13 N–H and O–H groups in total. The van der Waals surface area contributed by atoms with Crippen molar-refractivity contribution in [2.24, 2.45) is 0 Å². The molecule has 7 amide bonds. The minimum absolute atomic E-state index is 0.00376. The van der Waals surface area contributed by atoms with Gasteiger partial charge in [-0.05, 0) is 82.4 Å². The van der Waals surface area contributed by atoms with Gasteiger partial charge in [-0.2, -0.15) is 0 Å². The second kappa shape index (κ2) is 28.8. The summed E-state index contributed by atoms with van der Waals surface area (Å²) in [5.74, 6) is -10.6. The van der Waals surface area contributed by atoms with Crippen LogP contribution in [-0.4, -0.2) is 155 Å². The molecule has 27 nitrogen and oxygen atoms in total. The minimum Gasteiger partial charge on any atom is -0.481 e. The molecule has 0 bridgehead atoms. The molecule has 1 aromatic heterocycles. The first kappa shape index (κ1) is 55.2. The Bertz CT molecular complexity index is 1990. The predicted molar refractivity (Wildman–Crippen MR) is 225 cm³/mol. The first-order chi connectivity index (χ1) is 31.7. The summed E-state index contributed by atoms with van der Waals surface area (Å²) in [7, 11) is 0. The van der Waals surface area contributed by atoms with Crippen LogP contribution in [-0.2, 0) is 46.5 Å². The van der Waals surface area contributed by atoms with Crippen LogP contribution < -0.4 is 37.2 Å². The molecular formula is C39H53FN10O17. The van der Waals surface area contributed by atoms with E-state index in [1.807, 2.05) is 10.6 Å². The van der Waals surface area contributed by atoms with Crippen LogP contribution in [0.15, 0.2) is 24.4 Å². The zero-order valence-electron chi connectivity index (χ0n) is 35.8. The Balaban J connectivity index is 2.08. The van der Waals surface area contributed by atoms with Crippen molar-refractivity contribution in [2.45, 2.75) is 108 Å². The van der Waals surface area contributed by atoms with E-state index in [9.17, 15) is 77.6 Å². The smallest absolute Gasteiger partial charge is 0.326 e. The number of amides is 7. The SMILES string of the molecule is O=C(O)CC[C@H](NC(=O)NC(CCCCNC(=O)c1cc(NC(=O)Cn2cc(CCCF)nn2)cc(C(=O)NCCCCC(NC(=O)N[C@@H](CCC(=O)O)C(=O)O)C(=O)O)c1)C(=O)O)C(=O)O. The Labute approximate surface area is 379 Å². The van der Waals surface area contributed by atoms with Crippen molar-refractivity contribution in [1.82, 2.24) is 46.9 Å². The molecule has 0 fully saturated rings. The molecule has 0 radical (unpaired) electrons. The summed E-state index contributed by atoms with van der Waals surface area (Å²) in [6, 6.07) is -4.73. The van der Waals surface area contributed by atoms with E-state index < -0.39 is 122 Å². The fourth-order valence-corrected chi connectivity index (χ4v) is 5.92. The van der Waals surface area contributed by atoms with E-state index in [2.05, 4.69) is 36.9 Å². The lowest BCUT2D eigenvalue weighted by Gasteiger charge is -2.18. The van der Waals surface area contributed by atoms with E-state index in [1.165, 1.54) is 29.1 Å². The van der Waals surface area contributed by atoms with Gasteiger partial charge in [-0.25, -0.2) is 33.4 Å². The fraction of sp³-hybridized carbons (Fsp3) is 0.513. The van der Waals surface area contributed by atoms with Gasteiger partial charge in [0.15, 0.2) is 0 Å². The highest BCUT2D eigenvalue weighted by Gasteiger charge is 2.26. The van der Waals surface area contributed by atoms with Crippen molar-refractivity contribution in [2.75, 3.05) is 25.1 Å². The molecule has 4 atom stereocenters. The Morgan fingerprint density at radius 1 is 0.567 bits per heavy atom. The summed E-state index contributed by atoms with van der Waals surface area (Å²) in [6.07, 6.45) is 0.154. The average molecular weight is 953 g/mol. The van der Waals surface area contributed by atoms with Gasteiger partial charge in [-0.15, -0.1) is 5.10 Å². The van der Waals surface area contributed by atoms with Crippen LogP contribution >= 0.6 is 0 Å². The average Bonchev–Trinajstić information content (AvgIpc) is 3.70. The summed E-state index contributed by atoms with van der Waals surface area (Å²) < 4.78 is 13.8. The molecule has 0 aliphatic rings. The van der Waals surface area contributed by atoms with Crippen LogP contribution in [0.25, 0.3) is 0 Å². The number of anilines is 1. The molecular weight excluding hydrogens is 899 g/mol. The Morgan fingerprint density at radius 2 is 0.985 bits per heavy atom. The minimum atomic E-state index is -1.60. The van der Waals surface area contributed by atoms with Gasteiger partial charge in [0, 0.05) is 48.9 Å². The number of hydrogen-bond donors (Lipinski definition) is 13. The van der Waals surface area contributed by atoms with Gasteiger partial charge in [0.05, 0.1) is 12.4 Å². The lowest BCUT2D eigenvalue weighted by Crippen LogP contribution is -2.51. The molecule has 2 rings (SSSR count). The molecule has 368 valence electrons. The quantitative estimate of drug-likeness (QED) is 0.0421. The van der Waals surface area contributed by atoms with Gasteiger partial charge >= 0.3 is 47.9 Å². The number of carboxylic acid groups (broad SMARTS) is 6. The van der Waals surface area contributed by atoms with Gasteiger partial charge in [0.1, 0.15) is 30.7 Å². The number of carbonyl (C=O) groups is 11. The van der Waals surface area contributed by atoms with Crippen LogP contribution in [0.4, 0.5) is 19.7 Å². The molecule has 67 heavy (non-hydrogen) atoms. The molecule has 2 unspecified atom stereocenters. The van der Waals surface area contributed by atoms with E-state index in [-0.39, 0.29) is 87.8 Å². The Hall–Kier alpha value is -7.94. The molecule has 1 heterocycles. The van der Waals surface area contributed by atoms with Crippen LogP contribution in [0.1, 0.15) is 97.0 Å². The third-order valence-corrected chi connectivity index (χ3v) is 9.32. The Kier molecular flexibility index (Phi) is 23.7. The molecule has 0 saturated carbocycles. The Morgan fingerprint density at radius 3 is 1.37 bits per heavy atom. The number of urea groups is 2. The van der Waals surface area contributed by atoms with E-state index in [0.29, 0.717) is 5.69 Å². The van der Waals surface area contributed by atoms with Crippen LogP contribution in [0.3, 0.4) is 0 Å². The lowest BCUT2D eigenvalue weighted by molar-refractivity contribution is -0.142. The number of aromatic nitrogens is 3. The van der Waals surface area contributed by atoms with E-state index in [1.54, 1.807) is 0 Å². The number of nitrogens with zero attached hydrogens (tertiary/aromatic N) is 3. The largest absolute Gasteiger partial charge is 0.481 e. The van der Waals surface area contributed by atoms with Gasteiger partial charge in [0.2, 0.25) is 5.91 Å². The molecule has 2 aromatic rings. The normalized spacial score (nSPS) is 12.5. The second-order valence-corrected chi connectivity index (χ2v) is 14.7. The molecule has 0 spiro atoms. The number of halogens is 1. The third-order valence-electron chi connectivity index (χ3n) is 9.32. The lowest BCUT2D eigenvalue weighted by atomic mass is 10.1. The molecule has 0 aliphatic carbocycles. The number of carbonyl (C=O) groups excluding carboxylic acids is 5. The summed E-state index contributed by atoms with van der Waals surface area (Å²) in [4.78, 5) is 132. The van der Waals surface area contributed by atoms with Crippen molar-refractivity contribution in [1.29, 1.82) is 0 Å². The zero-order chi connectivity index (χ0) is 50.1. The maximum absolute atomic E-state index is 13.3. The number of rotatable bonds is 32. The molecule has 28 heteroatoms. The number of carboxylic acids is 6. The predicted octanol–water partition coefficient (Wildman–Crippen LogP) is -0.240. The summed E-state index contributed by atoms with van der Waals surface area (Å²) in [6.45, 7) is -1.00. The van der Waals surface area contributed by atoms with Gasteiger partial charge in [0.25, 0.3) is 11.8 Å². The van der Waals surface area contributed by atoms with Crippen LogP contribution in [0, 0.1) is 0 Å². The number of aliphatic carboxylic acids is 6. The van der Waals surface area contributed by atoms with Gasteiger partial charge in [-0.3, -0.25) is 28.4 Å². The maximum Gasteiger partial charge on any atom is 0.326 e. The van der Waals surface area contributed by atoms with Crippen molar-refractivity contribution in [3.05, 3.63) is 41.2 Å². The number of alkyl halides is 1. The van der Waals surface area contributed by atoms with Crippen molar-refractivity contribution in [3.8, 4) is 0 Å². The van der Waals surface area contributed by atoms with Crippen molar-refractivity contribution < 1.29 is 87.8 Å². The number of unbranched alkanes of at least 4 members (excludes halogenated alkanes) is 2. The van der Waals surface area contributed by atoms with Gasteiger partial charge in [-0.1, -0.05) is 5.21 Å². The first-order valence-corrected chi connectivity index (χ1v) is 20.6. The van der Waals surface area contributed by atoms with Gasteiger partial charge < -0.3 is 67.9 Å². The van der Waals surface area contributed by atoms with Crippen molar-refractivity contribution in [3.63, 3.8) is 0 Å². The highest BCUT2D eigenvalue weighted by atomic mass is 19.1. The first-order valence-electron chi connectivity index (χ1n) is 20.6. The molecule has 1 aromatic carbocycles. The monoisotopic (exact) mass is 952 g/mol. The second-order valence-electron chi connectivity index (χ2n) is 14.7. The summed E-state index contributed by atoms with van der Waals surface area (Å²) in [5, 5.41) is 79.0. The number of nitrogens with one attached hydrogen (secondary N) is 7. The maximum atomic E-state index is 13.3. The standard InChI is InChI=1S/C39H53FN10O17/c40-13-5-6-23-19-50(49-48-23)20-29(51)43-24-17-21(32(56)41-14-3-1-7-25(34(58)59)44-38(66)46-27(36(62)63)9-11-30(52)53)16-22(18-24)33(57)42-15-4-2-8-26(35(60)61)45-39(67)47-28(37(64)65)10-12-31(54)55/h16-19,25-28H,1-15,20H2,(H,41,56)(H,42,57)(H,43,51)(H,52,53)(H,54,55)(H,58,59)(H,60,61)(H,62,63)(H,64,65)(H2,44,46,66)(H2,45,47,67)/t25?,26?,27-,28-/m0/s1.